The van der Waals surface area contributed by atoms with Gasteiger partial charge in [-0.15, -0.1) is 11.3 Å². The van der Waals surface area contributed by atoms with Crippen LogP contribution in [0, 0.1) is 6.92 Å². The highest BCUT2D eigenvalue weighted by Crippen LogP contribution is 2.23. The zero-order valence-corrected chi connectivity index (χ0v) is 15.5. The predicted octanol–water partition coefficient (Wildman–Crippen LogP) is 5.23. The van der Waals surface area contributed by atoms with E-state index in [4.69, 9.17) is 0 Å². The zero-order valence-electron chi connectivity index (χ0n) is 14.7. The van der Waals surface area contributed by atoms with E-state index in [1.807, 2.05) is 79.1 Å². The fourth-order valence-corrected chi connectivity index (χ4v) is 3.12. The van der Waals surface area contributed by atoms with Gasteiger partial charge in [0, 0.05) is 17.8 Å². The molecule has 3 aromatic heterocycles. The van der Waals surface area contributed by atoms with Gasteiger partial charge in [-0.1, -0.05) is 36.4 Å². The Morgan fingerprint density at radius 3 is 2.41 bits per heavy atom. The van der Waals surface area contributed by atoms with Crippen LogP contribution in [0.2, 0.25) is 0 Å². The second-order valence-corrected chi connectivity index (χ2v) is 6.85. The minimum Gasteiger partial charge on any atom is -0.332 e. The molecule has 0 spiro atoms. The number of aromatic nitrogens is 4. The molecule has 0 aliphatic heterocycles. The molecule has 0 saturated carbocycles. The average Bonchev–Trinajstić information content (AvgIpc) is 3.32. The highest BCUT2D eigenvalue weighted by molar-refractivity contribution is 7.14. The van der Waals surface area contributed by atoms with Crippen molar-refractivity contribution < 1.29 is 0 Å². The molecular formula is C20H18N6S. The normalized spacial score (nSPS) is 11.0. The van der Waals surface area contributed by atoms with Crippen molar-refractivity contribution in [2.75, 3.05) is 10.6 Å². The van der Waals surface area contributed by atoms with E-state index in [0.717, 1.165) is 22.1 Å². The summed E-state index contributed by atoms with van der Waals surface area (Å²) in [6, 6.07) is 17.9. The molecule has 0 aliphatic rings. The van der Waals surface area contributed by atoms with Gasteiger partial charge in [-0.3, -0.25) is 5.10 Å². The Bertz CT molecular complexity index is 1040. The Morgan fingerprint density at radius 2 is 1.70 bits per heavy atom. The lowest BCUT2D eigenvalue weighted by molar-refractivity contribution is 1.04. The van der Waals surface area contributed by atoms with Crippen molar-refractivity contribution >= 4 is 45.9 Å². The Kier molecular flexibility index (Phi) is 4.93. The summed E-state index contributed by atoms with van der Waals surface area (Å²) in [5.41, 5.74) is 2.07. The van der Waals surface area contributed by atoms with Gasteiger partial charge in [0.25, 0.3) is 0 Å². The van der Waals surface area contributed by atoms with Gasteiger partial charge in [0.1, 0.15) is 11.6 Å². The molecule has 134 valence electrons. The minimum absolute atomic E-state index is 0.607. The van der Waals surface area contributed by atoms with Crippen molar-refractivity contribution in [2.24, 2.45) is 0 Å². The van der Waals surface area contributed by atoms with Crippen LogP contribution < -0.4 is 10.6 Å². The van der Waals surface area contributed by atoms with Crippen LogP contribution >= 0.6 is 11.3 Å². The fourth-order valence-electron chi connectivity index (χ4n) is 2.49. The lowest BCUT2D eigenvalue weighted by Crippen LogP contribution is -2.01. The molecule has 7 heteroatoms. The summed E-state index contributed by atoms with van der Waals surface area (Å²) < 4.78 is 0. The van der Waals surface area contributed by atoms with E-state index in [1.54, 1.807) is 11.3 Å². The number of thiophene rings is 1. The molecule has 0 fully saturated rings. The summed E-state index contributed by atoms with van der Waals surface area (Å²) in [4.78, 5) is 9.18. The van der Waals surface area contributed by atoms with E-state index >= 15 is 0 Å². The SMILES string of the molecule is Cc1cc(Nc2cc(Nc3cccs3)nc(C=Cc3ccccc3)n2)n[nH]1. The summed E-state index contributed by atoms with van der Waals surface area (Å²) in [5, 5.41) is 16.7. The van der Waals surface area contributed by atoms with Crippen LogP contribution in [0.4, 0.5) is 22.5 Å². The number of hydrogen-bond donors (Lipinski definition) is 3. The topological polar surface area (TPSA) is 78.5 Å². The third-order valence-corrected chi connectivity index (χ3v) is 4.49. The summed E-state index contributed by atoms with van der Waals surface area (Å²) in [7, 11) is 0. The number of anilines is 4. The molecule has 1 aromatic carbocycles. The Hall–Kier alpha value is -3.45. The summed E-state index contributed by atoms with van der Waals surface area (Å²) in [5.74, 6) is 2.71. The smallest absolute Gasteiger partial charge is 0.156 e. The van der Waals surface area contributed by atoms with Gasteiger partial charge in [-0.25, -0.2) is 9.97 Å². The molecule has 0 unspecified atom stereocenters. The first-order valence-corrected chi connectivity index (χ1v) is 9.34. The molecule has 0 saturated heterocycles. The van der Waals surface area contributed by atoms with Gasteiger partial charge in [0.05, 0.1) is 5.00 Å². The monoisotopic (exact) mass is 374 g/mol. The van der Waals surface area contributed by atoms with Crippen molar-refractivity contribution in [1.82, 2.24) is 20.2 Å². The van der Waals surface area contributed by atoms with Gasteiger partial charge in [-0.2, -0.15) is 5.10 Å². The van der Waals surface area contributed by atoms with Crippen LogP contribution in [-0.4, -0.2) is 20.2 Å². The Labute approximate surface area is 161 Å². The maximum absolute atomic E-state index is 4.60. The standard InChI is InChI=1S/C20H18N6S/c1-14-12-19(26-25-14)23-17-13-18(24-20-8-5-11-27-20)22-16(21-17)10-9-15-6-3-2-4-7-15/h2-13H,1H3,(H3,21,22,23,24,25,26). The fraction of sp³-hybridized carbons (Fsp3) is 0.0500. The first-order chi connectivity index (χ1) is 13.2. The van der Waals surface area contributed by atoms with E-state index < -0.39 is 0 Å². The number of H-pyrrole nitrogens is 1. The van der Waals surface area contributed by atoms with Crippen LogP contribution in [0.3, 0.4) is 0 Å². The van der Waals surface area contributed by atoms with Crippen LogP contribution in [0.5, 0.6) is 0 Å². The van der Waals surface area contributed by atoms with Gasteiger partial charge in [-0.05, 0) is 36.1 Å². The average molecular weight is 374 g/mol. The lowest BCUT2D eigenvalue weighted by Gasteiger charge is -2.08. The van der Waals surface area contributed by atoms with E-state index in [2.05, 4.69) is 30.8 Å². The van der Waals surface area contributed by atoms with Crippen LogP contribution in [0.25, 0.3) is 12.2 Å². The molecule has 4 rings (SSSR count). The minimum atomic E-state index is 0.607. The zero-order chi connectivity index (χ0) is 18.5. The Balaban J connectivity index is 1.64. The van der Waals surface area contributed by atoms with E-state index in [0.29, 0.717) is 17.5 Å². The number of rotatable bonds is 6. The molecule has 0 radical (unpaired) electrons. The van der Waals surface area contributed by atoms with Crippen molar-refractivity contribution in [3.05, 3.63) is 77.1 Å². The first kappa shape index (κ1) is 17.0. The molecule has 3 heterocycles. The lowest BCUT2D eigenvalue weighted by atomic mass is 10.2. The first-order valence-electron chi connectivity index (χ1n) is 8.46. The number of benzene rings is 1. The van der Waals surface area contributed by atoms with Crippen molar-refractivity contribution in [2.45, 2.75) is 6.92 Å². The molecular weight excluding hydrogens is 356 g/mol. The van der Waals surface area contributed by atoms with Gasteiger partial charge in [0.2, 0.25) is 0 Å². The quantitative estimate of drug-likeness (QED) is 0.431. The molecule has 4 aromatic rings. The summed E-state index contributed by atoms with van der Waals surface area (Å²) >= 11 is 1.62. The molecule has 0 aliphatic carbocycles. The predicted molar refractivity (Wildman–Crippen MR) is 112 cm³/mol. The van der Waals surface area contributed by atoms with E-state index in [1.165, 1.54) is 0 Å². The molecule has 0 amide bonds. The Morgan fingerprint density at radius 1 is 0.889 bits per heavy atom. The second kappa shape index (κ2) is 7.84. The van der Waals surface area contributed by atoms with Crippen molar-refractivity contribution in [1.29, 1.82) is 0 Å². The number of aryl methyl sites for hydroxylation is 1. The molecule has 0 bridgehead atoms. The molecule has 6 nitrogen and oxygen atoms in total. The van der Waals surface area contributed by atoms with Gasteiger partial charge in [0.15, 0.2) is 11.6 Å². The van der Waals surface area contributed by atoms with Crippen molar-refractivity contribution in [3.8, 4) is 0 Å². The van der Waals surface area contributed by atoms with E-state index in [-0.39, 0.29) is 0 Å². The third kappa shape index (κ3) is 4.59. The van der Waals surface area contributed by atoms with Crippen LogP contribution in [0.15, 0.2) is 60.0 Å². The summed E-state index contributed by atoms with van der Waals surface area (Å²) in [6.07, 6.45) is 3.89. The van der Waals surface area contributed by atoms with Crippen LogP contribution in [0.1, 0.15) is 17.1 Å². The molecule has 27 heavy (non-hydrogen) atoms. The summed E-state index contributed by atoms with van der Waals surface area (Å²) in [6.45, 7) is 1.95. The highest BCUT2D eigenvalue weighted by Gasteiger charge is 2.06. The van der Waals surface area contributed by atoms with Crippen molar-refractivity contribution in [3.63, 3.8) is 0 Å². The highest BCUT2D eigenvalue weighted by atomic mass is 32.1. The molecule has 3 N–H and O–H groups in total. The maximum atomic E-state index is 4.60. The molecule has 0 atom stereocenters. The third-order valence-electron chi connectivity index (χ3n) is 3.70. The maximum Gasteiger partial charge on any atom is 0.156 e. The van der Waals surface area contributed by atoms with Gasteiger partial charge < -0.3 is 10.6 Å². The number of nitrogens with one attached hydrogen (secondary N) is 3. The van der Waals surface area contributed by atoms with Crippen LogP contribution in [-0.2, 0) is 0 Å². The largest absolute Gasteiger partial charge is 0.332 e. The number of aromatic amines is 1. The van der Waals surface area contributed by atoms with E-state index in [9.17, 15) is 0 Å². The number of hydrogen-bond acceptors (Lipinski definition) is 6. The number of nitrogens with zero attached hydrogens (tertiary/aromatic N) is 3. The van der Waals surface area contributed by atoms with Gasteiger partial charge >= 0.3 is 0 Å². The second-order valence-electron chi connectivity index (χ2n) is 5.90.